The second kappa shape index (κ2) is 7.16. The van der Waals surface area contributed by atoms with Crippen molar-refractivity contribution < 1.29 is 24.1 Å². The zero-order valence-corrected chi connectivity index (χ0v) is 12.7. The molecule has 9 nitrogen and oxygen atoms in total. The van der Waals surface area contributed by atoms with Gasteiger partial charge in [-0.1, -0.05) is 0 Å². The molecule has 0 bridgehead atoms. The average Bonchev–Trinajstić information content (AvgIpc) is 2.77. The van der Waals surface area contributed by atoms with Crippen LogP contribution in [0.25, 0.3) is 0 Å². The van der Waals surface area contributed by atoms with Gasteiger partial charge < -0.3 is 29.8 Å². The first-order valence-corrected chi connectivity index (χ1v) is 6.83. The lowest BCUT2D eigenvalue weighted by Crippen LogP contribution is -2.40. The lowest BCUT2D eigenvalue weighted by atomic mass is 10.1. The van der Waals surface area contributed by atoms with Crippen molar-refractivity contribution >= 4 is 5.82 Å². The van der Waals surface area contributed by atoms with Crippen LogP contribution in [0.4, 0.5) is 5.82 Å². The molecule has 1 aliphatic heterocycles. The summed E-state index contributed by atoms with van der Waals surface area (Å²) >= 11 is 0. The van der Waals surface area contributed by atoms with E-state index in [-0.39, 0.29) is 12.4 Å². The summed E-state index contributed by atoms with van der Waals surface area (Å²) in [5.41, 5.74) is 4.89. The van der Waals surface area contributed by atoms with Gasteiger partial charge in [-0.15, -0.1) is 0 Å². The normalized spacial score (nSPS) is 29.6. The highest BCUT2D eigenvalue weighted by atomic mass is 16.7. The Balaban J connectivity index is 2.30. The first-order chi connectivity index (χ1) is 10.5. The van der Waals surface area contributed by atoms with Gasteiger partial charge in [0.05, 0.1) is 6.61 Å². The molecule has 1 saturated heterocycles. The SMILES string of the molecule is COC[C@H]1O[C@@H](n2ccc(N)nc2=O)[C@H](OC(C)OC)[C@@H]1O. The van der Waals surface area contributed by atoms with Crippen molar-refractivity contribution in [2.75, 3.05) is 26.6 Å². The van der Waals surface area contributed by atoms with E-state index in [0.29, 0.717) is 0 Å². The Hall–Kier alpha value is -1.52. The topological polar surface area (TPSA) is 118 Å². The average molecular weight is 315 g/mol. The monoisotopic (exact) mass is 315 g/mol. The van der Waals surface area contributed by atoms with Crippen molar-refractivity contribution in [1.82, 2.24) is 9.55 Å². The quantitative estimate of drug-likeness (QED) is 0.649. The standard InChI is InChI=1S/C13H21N3O6/c1-7(20-3)21-11-10(17)8(6-19-2)22-12(11)16-5-4-9(14)15-13(16)18/h4-5,7-8,10-12,17H,6H2,1-3H3,(H2,14,15,18)/t7?,8-,10-,11-,12-/m1/s1. The van der Waals surface area contributed by atoms with Crippen LogP contribution in [0.2, 0.25) is 0 Å². The summed E-state index contributed by atoms with van der Waals surface area (Å²) in [4.78, 5) is 15.6. The number of anilines is 1. The molecule has 1 aromatic heterocycles. The summed E-state index contributed by atoms with van der Waals surface area (Å²) in [6.45, 7) is 1.84. The summed E-state index contributed by atoms with van der Waals surface area (Å²) in [7, 11) is 2.97. The lowest BCUT2D eigenvalue weighted by molar-refractivity contribution is -0.182. The van der Waals surface area contributed by atoms with E-state index >= 15 is 0 Å². The van der Waals surface area contributed by atoms with E-state index in [4.69, 9.17) is 24.7 Å². The number of nitrogens with zero attached hydrogens (tertiary/aromatic N) is 2. The molecule has 0 aliphatic carbocycles. The van der Waals surface area contributed by atoms with Crippen LogP contribution in [0.5, 0.6) is 0 Å². The minimum Gasteiger partial charge on any atom is -0.387 e. The maximum absolute atomic E-state index is 12.0. The van der Waals surface area contributed by atoms with Gasteiger partial charge in [0, 0.05) is 20.4 Å². The predicted octanol–water partition coefficient (Wildman–Crippen LogP) is -0.892. The number of nitrogens with two attached hydrogens (primary N) is 1. The first-order valence-electron chi connectivity index (χ1n) is 6.83. The van der Waals surface area contributed by atoms with E-state index < -0.39 is 36.5 Å². The smallest absolute Gasteiger partial charge is 0.351 e. The number of hydrogen-bond acceptors (Lipinski definition) is 8. The molecule has 0 aromatic carbocycles. The highest BCUT2D eigenvalue weighted by Gasteiger charge is 2.46. The van der Waals surface area contributed by atoms with Crippen LogP contribution < -0.4 is 11.4 Å². The third-order valence-electron chi connectivity index (χ3n) is 3.45. The molecule has 1 aromatic rings. The number of aliphatic hydroxyl groups excluding tert-OH is 1. The lowest BCUT2D eigenvalue weighted by Gasteiger charge is -2.24. The van der Waals surface area contributed by atoms with E-state index in [0.717, 1.165) is 0 Å². The number of methoxy groups -OCH3 is 2. The van der Waals surface area contributed by atoms with Crippen molar-refractivity contribution in [2.45, 2.75) is 37.8 Å². The maximum atomic E-state index is 12.0. The molecule has 1 unspecified atom stereocenters. The Morgan fingerprint density at radius 1 is 1.55 bits per heavy atom. The van der Waals surface area contributed by atoms with E-state index in [1.165, 1.54) is 31.0 Å². The van der Waals surface area contributed by atoms with Gasteiger partial charge in [0.2, 0.25) is 0 Å². The van der Waals surface area contributed by atoms with Crippen LogP contribution in [0.15, 0.2) is 17.1 Å². The van der Waals surface area contributed by atoms with Crippen LogP contribution in [0.1, 0.15) is 13.2 Å². The molecular formula is C13H21N3O6. The Morgan fingerprint density at radius 2 is 2.27 bits per heavy atom. The third-order valence-corrected chi connectivity index (χ3v) is 3.45. The van der Waals surface area contributed by atoms with E-state index in [1.807, 2.05) is 0 Å². The number of ether oxygens (including phenoxy) is 4. The number of hydrogen-bond donors (Lipinski definition) is 2. The Morgan fingerprint density at radius 3 is 2.86 bits per heavy atom. The highest BCUT2D eigenvalue weighted by Crippen LogP contribution is 2.32. The molecule has 5 atom stereocenters. The second-order valence-corrected chi connectivity index (χ2v) is 4.96. The molecule has 0 radical (unpaired) electrons. The molecule has 3 N–H and O–H groups in total. The van der Waals surface area contributed by atoms with E-state index in [1.54, 1.807) is 6.92 Å². The van der Waals surface area contributed by atoms with Crippen LogP contribution in [-0.2, 0) is 18.9 Å². The molecule has 2 rings (SSSR count). The summed E-state index contributed by atoms with van der Waals surface area (Å²) < 4.78 is 22.6. The molecule has 1 fully saturated rings. The van der Waals surface area contributed by atoms with E-state index in [2.05, 4.69) is 4.98 Å². The van der Waals surface area contributed by atoms with Crippen molar-refractivity contribution in [3.63, 3.8) is 0 Å². The summed E-state index contributed by atoms with van der Waals surface area (Å²) in [6, 6.07) is 1.47. The fourth-order valence-corrected chi connectivity index (χ4v) is 2.29. The van der Waals surface area contributed by atoms with Gasteiger partial charge in [-0.2, -0.15) is 4.98 Å². The van der Waals surface area contributed by atoms with Crippen molar-refractivity contribution in [3.05, 3.63) is 22.7 Å². The molecule has 1 aliphatic rings. The van der Waals surface area contributed by atoms with Gasteiger partial charge >= 0.3 is 5.69 Å². The van der Waals surface area contributed by atoms with Crippen molar-refractivity contribution in [1.29, 1.82) is 0 Å². The van der Waals surface area contributed by atoms with Crippen LogP contribution in [0, 0.1) is 0 Å². The molecule has 2 heterocycles. The molecule has 0 amide bonds. The van der Waals surface area contributed by atoms with Crippen LogP contribution in [-0.4, -0.2) is 60.1 Å². The minimum atomic E-state index is -0.980. The van der Waals surface area contributed by atoms with Crippen LogP contribution in [0.3, 0.4) is 0 Å². The number of aliphatic hydroxyl groups is 1. The van der Waals surface area contributed by atoms with Crippen molar-refractivity contribution in [2.24, 2.45) is 0 Å². The Kier molecular flexibility index (Phi) is 5.48. The van der Waals surface area contributed by atoms with Gasteiger partial charge in [0.15, 0.2) is 12.5 Å². The molecule has 0 spiro atoms. The zero-order valence-electron chi connectivity index (χ0n) is 12.7. The van der Waals surface area contributed by atoms with Gasteiger partial charge in [-0.3, -0.25) is 4.57 Å². The second-order valence-electron chi connectivity index (χ2n) is 4.96. The molecular weight excluding hydrogens is 294 g/mol. The number of rotatable bonds is 6. The largest absolute Gasteiger partial charge is 0.387 e. The minimum absolute atomic E-state index is 0.107. The molecule has 22 heavy (non-hydrogen) atoms. The summed E-state index contributed by atoms with van der Waals surface area (Å²) in [5.74, 6) is 0.107. The van der Waals surface area contributed by atoms with E-state index in [9.17, 15) is 9.90 Å². The van der Waals surface area contributed by atoms with Gasteiger partial charge in [0.1, 0.15) is 24.1 Å². The predicted molar refractivity (Wildman–Crippen MR) is 76.0 cm³/mol. The van der Waals surface area contributed by atoms with Crippen molar-refractivity contribution in [3.8, 4) is 0 Å². The fraction of sp³-hybridized carbons (Fsp3) is 0.692. The first kappa shape index (κ1) is 16.8. The van der Waals surface area contributed by atoms with Gasteiger partial charge in [-0.05, 0) is 13.0 Å². The van der Waals surface area contributed by atoms with Crippen LogP contribution >= 0.6 is 0 Å². The van der Waals surface area contributed by atoms with Gasteiger partial charge in [0.25, 0.3) is 0 Å². The van der Waals surface area contributed by atoms with Gasteiger partial charge in [-0.25, -0.2) is 4.79 Å². The molecule has 124 valence electrons. The summed E-state index contributed by atoms with van der Waals surface area (Å²) in [5, 5.41) is 10.4. The third kappa shape index (κ3) is 3.45. The molecule has 9 heteroatoms. The number of aromatic nitrogens is 2. The summed E-state index contributed by atoms with van der Waals surface area (Å²) in [6.07, 6.45) is -2.40. The highest BCUT2D eigenvalue weighted by molar-refractivity contribution is 5.23. The Labute approximate surface area is 127 Å². The fourth-order valence-electron chi connectivity index (χ4n) is 2.29. The zero-order chi connectivity index (χ0) is 16.3. The Bertz CT molecular complexity index is 551. The maximum Gasteiger partial charge on any atom is 0.351 e. The molecule has 0 saturated carbocycles. The number of nitrogen functional groups attached to an aromatic ring is 1.